The summed E-state index contributed by atoms with van der Waals surface area (Å²) < 4.78 is 6.53. The summed E-state index contributed by atoms with van der Waals surface area (Å²) in [5.74, 6) is 2.44. The third-order valence-electron chi connectivity index (χ3n) is 15.0. The molecule has 11 rings (SSSR count). The zero-order valence-electron chi connectivity index (χ0n) is 42.6. The smallest absolute Gasteiger partial charge is 0.143 e. The van der Waals surface area contributed by atoms with Crippen LogP contribution >= 0.6 is 0 Å². The van der Waals surface area contributed by atoms with Crippen LogP contribution in [0, 0.1) is 12.3 Å². The Bertz CT molecular complexity index is 4470. The Morgan fingerprint density at radius 3 is 1.57 bits per heavy atom. The van der Waals surface area contributed by atoms with Gasteiger partial charge in [0.05, 0.1) is 0 Å². The van der Waals surface area contributed by atoms with E-state index >= 15 is 0 Å². The van der Waals surface area contributed by atoms with E-state index in [1.54, 1.807) is 4.90 Å². The van der Waals surface area contributed by atoms with Crippen molar-refractivity contribution in [2.75, 3.05) is 11.4 Å². The van der Waals surface area contributed by atoms with Gasteiger partial charge in [0.2, 0.25) is 0 Å². The maximum absolute atomic E-state index is 7.25. The Labute approximate surface area is 481 Å². The molecule has 0 saturated carbocycles. The van der Waals surface area contributed by atoms with Crippen LogP contribution < -0.4 is 75.9 Å². The zero-order valence-corrected chi connectivity index (χ0v) is 42.6. The van der Waals surface area contributed by atoms with Gasteiger partial charge in [0.25, 0.3) is 0 Å². The predicted octanol–water partition coefficient (Wildman–Crippen LogP) is -0.734. The topological polar surface area (TPSA) is 16.4 Å². The molecule has 0 saturated heterocycles. The number of nitrogens with zero attached hydrogens (tertiary/aromatic N) is 1. The van der Waals surface area contributed by atoms with Gasteiger partial charge in [0.15, 0.2) is 0 Å². The second-order valence-electron chi connectivity index (χ2n) is 19.4. The Hall–Kier alpha value is -7.34. The normalized spacial score (nSPS) is 12.3. The molecular formula is C61H25B16NO. The van der Waals surface area contributed by atoms with Crippen molar-refractivity contribution < 1.29 is 4.42 Å². The maximum Gasteiger partial charge on any atom is 0.143 e. The van der Waals surface area contributed by atoms with Gasteiger partial charge in [-0.05, 0) is 107 Å². The summed E-state index contributed by atoms with van der Waals surface area (Å²) in [6, 6.07) is 44.0. The highest BCUT2D eigenvalue weighted by atomic mass is 16.3. The molecule has 0 unspecified atom stereocenters. The summed E-state index contributed by atoms with van der Waals surface area (Å²) in [5.41, 5.74) is 4.50. The van der Waals surface area contributed by atoms with Crippen molar-refractivity contribution in [3.8, 4) is 45.7 Å². The second kappa shape index (κ2) is 20.7. The fraction of sp³-hybridized carbons (Fsp3) is 0.0164. The fourth-order valence-electron chi connectivity index (χ4n) is 11.0. The number of hydrogen-bond acceptors (Lipinski definition) is 2. The first kappa shape index (κ1) is 53.7. The monoisotopic (exact) mass is 963 g/mol. The fourth-order valence-corrected chi connectivity index (χ4v) is 11.0. The molecule has 0 spiro atoms. The molecule has 0 aliphatic rings. The highest BCUT2D eigenvalue weighted by Gasteiger charge is 2.26. The van der Waals surface area contributed by atoms with Crippen molar-refractivity contribution in [2.24, 2.45) is 0 Å². The van der Waals surface area contributed by atoms with E-state index < -0.39 is 0 Å². The molecule has 2 nitrogen and oxygen atoms in total. The van der Waals surface area contributed by atoms with Crippen molar-refractivity contribution in [1.82, 2.24) is 0 Å². The number of allylic oxidation sites excluding steroid dienone is 3. The van der Waals surface area contributed by atoms with E-state index in [-0.39, 0.29) is 122 Å². The zero-order chi connectivity index (χ0) is 56.0. The Morgan fingerprint density at radius 2 is 0.962 bits per heavy atom. The summed E-state index contributed by atoms with van der Waals surface area (Å²) in [4.78, 5) is 1.75. The first-order valence-electron chi connectivity index (χ1n) is 24.7. The SMILES string of the molecule is [B]/C(CN(c1ccc(-c2cccc3oc4c5ccccc5ccc4c23)cc1)c1c([B])c([B])c(-c2cc3ccccc3c3ccccc23)c([B])c1[B])=C([B])/C(=C(/[B])C#C)c1c([B])c([B])c(-c2c([B])c([B])c([B])c([B])c2[B])c([B])c1[B]. The van der Waals surface area contributed by atoms with E-state index in [2.05, 4.69) is 36.3 Å². The number of hydrogen-bond donors (Lipinski definition) is 0. The minimum Gasteiger partial charge on any atom is -0.455 e. The molecule has 0 fully saturated rings. The van der Waals surface area contributed by atoms with Crippen LogP contribution in [0.15, 0.2) is 154 Å². The summed E-state index contributed by atoms with van der Waals surface area (Å²) in [5, 5.41) is 7.88. The van der Waals surface area contributed by atoms with E-state index in [1.807, 2.05) is 103 Å². The van der Waals surface area contributed by atoms with Crippen LogP contribution in [0.5, 0.6) is 0 Å². The van der Waals surface area contributed by atoms with Crippen LogP contribution in [0.2, 0.25) is 0 Å². The third-order valence-corrected chi connectivity index (χ3v) is 15.0. The lowest BCUT2D eigenvalue weighted by Crippen LogP contribution is -2.57. The van der Waals surface area contributed by atoms with Gasteiger partial charge in [-0.25, -0.2) is 0 Å². The number of fused-ring (bicyclic) bond motifs is 8. The van der Waals surface area contributed by atoms with Gasteiger partial charge in [-0.2, -0.15) is 0 Å². The maximum atomic E-state index is 7.25. The quantitative estimate of drug-likeness (QED) is 0.0823. The van der Waals surface area contributed by atoms with Gasteiger partial charge in [0.1, 0.15) is 137 Å². The molecule has 0 aliphatic heterocycles. The molecule has 0 atom stereocenters. The van der Waals surface area contributed by atoms with Crippen LogP contribution in [-0.4, -0.2) is 132 Å². The molecule has 11 aromatic rings. The highest BCUT2D eigenvalue weighted by Crippen LogP contribution is 2.41. The number of rotatable bonds is 9. The molecule has 79 heavy (non-hydrogen) atoms. The molecule has 0 bridgehead atoms. The van der Waals surface area contributed by atoms with Gasteiger partial charge in [0, 0.05) is 34.1 Å². The molecule has 0 aliphatic carbocycles. The molecule has 1 heterocycles. The van der Waals surface area contributed by atoms with Crippen molar-refractivity contribution >= 4 is 268 Å². The summed E-state index contributed by atoms with van der Waals surface area (Å²) in [6.07, 6.45) is 6.02. The molecule has 0 N–H and O–H groups in total. The lowest BCUT2D eigenvalue weighted by molar-refractivity contribution is 0.673. The molecule has 18 heteroatoms. The molecule has 10 aromatic carbocycles. The van der Waals surface area contributed by atoms with Crippen molar-refractivity contribution in [3.63, 3.8) is 0 Å². The van der Waals surface area contributed by atoms with Gasteiger partial charge in [-0.1, -0.05) is 169 Å². The minimum absolute atomic E-state index is 0.0210. The standard InChI is InChI=1S/C61H25B16NO/c1-2-37(62)42(43-49(67)51(69)44(52(70)50(43)68)45-53(71)55(73)57(75)56(74)54(45)72)46(64)38(63)25-78(29-21-18-27(19-22-29)31-16-9-17-39-40(31)35-23-20-26-10-3-6-13-32(26)61(35)79-39)60-58(76)47(65)41(48(66)59(60)77)36-24-28-11-4-5-12-30(28)33-14-7-8-15-34(33)36/h1,3-24H,25H2/b42-37+,46-38-. The summed E-state index contributed by atoms with van der Waals surface area (Å²) >= 11 is 0. The summed E-state index contributed by atoms with van der Waals surface area (Å²) in [7, 11) is 109. The third kappa shape index (κ3) is 8.61. The average molecular weight is 961 g/mol. The second-order valence-corrected chi connectivity index (χ2v) is 19.4. The molecular weight excluding hydrogens is 936 g/mol. The van der Waals surface area contributed by atoms with Gasteiger partial charge in [-0.15, -0.1) is 28.3 Å². The predicted molar refractivity (Wildman–Crippen MR) is 353 cm³/mol. The number of benzene rings is 10. The van der Waals surface area contributed by atoms with Crippen LogP contribution in [0.1, 0.15) is 5.56 Å². The molecule has 0 amide bonds. The molecule has 32 radical (unpaired) electrons. The average Bonchev–Trinajstić information content (AvgIpc) is 3.91. The van der Waals surface area contributed by atoms with Crippen molar-refractivity contribution in [2.45, 2.75) is 0 Å². The first-order chi connectivity index (χ1) is 37.9. The Kier molecular flexibility index (Phi) is 14.1. The van der Waals surface area contributed by atoms with Crippen LogP contribution in [0.25, 0.3) is 93.2 Å². The van der Waals surface area contributed by atoms with Gasteiger partial charge in [-0.3, -0.25) is 0 Å². The van der Waals surface area contributed by atoms with Gasteiger partial charge < -0.3 is 9.32 Å². The van der Waals surface area contributed by atoms with Crippen LogP contribution in [0.3, 0.4) is 0 Å². The van der Waals surface area contributed by atoms with Crippen LogP contribution in [-0.2, 0) is 0 Å². The molecule has 328 valence electrons. The summed E-state index contributed by atoms with van der Waals surface area (Å²) in [6.45, 7) is -0.243. The van der Waals surface area contributed by atoms with Crippen molar-refractivity contribution in [1.29, 1.82) is 0 Å². The number of anilines is 2. The lowest BCUT2D eigenvalue weighted by atomic mass is 9.55. The largest absolute Gasteiger partial charge is 0.455 e. The van der Waals surface area contributed by atoms with E-state index in [0.717, 1.165) is 70.9 Å². The Morgan fingerprint density at radius 1 is 0.443 bits per heavy atom. The van der Waals surface area contributed by atoms with E-state index in [9.17, 15) is 0 Å². The van der Waals surface area contributed by atoms with E-state index in [0.29, 0.717) is 11.3 Å². The number of terminal acetylenes is 1. The molecule has 1 aromatic heterocycles. The van der Waals surface area contributed by atoms with Gasteiger partial charge >= 0.3 is 0 Å². The Balaban J connectivity index is 1.09. The van der Waals surface area contributed by atoms with E-state index in [4.69, 9.17) is 136 Å². The van der Waals surface area contributed by atoms with Crippen LogP contribution in [0.4, 0.5) is 11.4 Å². The first-order valence-corrected chi connectivity index (χ1v) is 24.7. The van der Waals surface area contributed by atoms with E-state index in [1.165, 1.54) is 0 Å². The highest BCUT2D eigenvalue weighted by molar-refractivity contribution is 6.71. The van der Waals surface area contributed by atoms with Crippen molar-refractivity contribution in [3.05, 3.63) is 155 Å². The lowest BCUT2D eigenvalue weighted by Gasteiger charge is -2.34. The number of furan rings is 1. The minimum atomic E-state index is -0.243.